The number of hydrogen-bond acceptors (Lipinski definition) is 3. The molecule has 1 aromatic heterocycles. The quantitative estimate of drug-likeness (QED) is 0.847. The molecule has 0 aliphatic carbocycles. The van der Waals surface area contributed by atoms with E-state index in [1.807, 2.05) is 11.5 Å². The van der Waals surface area contributed by atoms with Gasteiger partial charge in [-0.15, -0.1) is 0 Å². The van der Waals surface area contributed by atoms with Gasteiger partial charge in [-0.25, -0.2) is 4.98 Å². The first-order valence-corrected chi connectivity index (χ1v) is 6.91. The zero-order valence-corrected chi connectivity index (χ0v) is 12.2. The van der Waals surface area contributed by atoms with E-state index in [1.54, 1.807) is 6.33 Å². The van der Waals surface area contributed by atoms with Gasteiger partial charge in [0, 0.05) is 6.54 Å². The van der Waals surface area contributed by atoms with Gasteiger partial charge in [-0.2, -0.15) is 0 Å². The van der Waals surface area contributed by atoms with Gasteiger partial charge in [-0.05, 0) is 50.1 Å². The van der Waals surface area contributed by atoms with Gasteiger partial charge in [0.05, 0.1) is 17.4 Å². The van der Waals surface area contributed by atoms with Gasteiger partial charge in [0.25, 0.3) is 0 Å². The summed E-state index contributed by atoms with van der Waals surface area (Å²) in [6.07, 6.45) is 2.33. The summed E-state index contributed by atoms with van der Waals surface area (Å²) in [7, 11) is 0. The van der Waals surface area contributed by atoms with Crippen LogP contribution in [0.2, 0.25) is 0 Å². The Morgan fingerprint density at radius 1 is 1.40 bits per heavy atom. The molecule has 0 aliphatic heterocycles. The Labute approximate surface area is 118 Å². The van der Waals surface area contributed by atoms with Crippen LogP contribution in [0.5, 0.6) is 0 Å². The summed E-state index contributed by atoms with van der Waals surface area (Å²) in [5.74, 6) is -0.803. The van der Waals surface area contributed by atoms with Gasteiger partial charge in [0.15, 0.2) is 0 Å². The number of carboxylic acid groups (broad SMARTS) is 1. The van der Waals surface area contributed by atoms with Gasteiger partial charge in [-0.1, -0.05) is 6.92 Å². The minimum atomic E-state index is -0.803. The van der Waals surface area contributed by atoms with E-state index in [4.69, 9.17) is 5.11 Å². The molecule has 0 spiro atoms. The molecule has 2 N–H and O–H groups in total. The van der Waals surface area contributed by atoms with E-state index in [0.29, 0.717) is 19.5 Å². The molecule has 0 saturated heterocycles. The maximum absolute atomic E-state index is 11.1. The zero-order valence-electron chi connectivity index (χ0n) is 12.2. The van der Waals surface area contributed by atoms with Gasteiger partial charge in [0.1, 0.15) is 6.04 Å². The van der Waals surface area contributed by atoms with Crippen LogP contribution < -0.4 is 5.32 Å². The SMILES string of the molecule is CCNC(CCn1cnc2cc(C)c(C)cc21)C(=O)O. The molecular weight excluding hydrogens is 254 g/mol. The molecule has 0 bridgehead atoms. The number of nitrogens with one attached hydrogen (secondary N) is 1. The fraction of sp³-hybridized carbons (Fsp3) is 0.467. The molecule has 1 unspecified atom stereocenters. The minimum Gasteiger partial charge on any atom is -0.480 e. The lowest BCUT2D eigenvalue weighted by molar-refractivity contribution is -0.139. The Bertz CT molecular complexity index is 619. The number of carbonyl (C=O) groups is 1. The molecule has 108 valence electrons. The lowest BCUT2D eigenvalue weighted by Gasteiger charge is -2.13. The summed E-state index contributed by atoms with van der Waals surface area (Å²) < 4.78 is 2.02. The number of nitrogens with zero attached hydrogens (tertiary/aromatic N) is 2. The van der Waals surface area contributed by atoms with Crippen LogP contribution in [0, 0.1) is 13.8 Å². The van der Waals surface area contributed by atoms with Crippen molar-refractivity contribution in [3.8, 4) is 0 Å². The topological polar surface area (TPSA) is 67.2 Å². The molecule has 5 nitrogen and oxygen atoms in total. The Kier molecular flexibility index (Phi) is 4.39. The summed E-state index contributed by atoms with van der Waals surface area (Å²) in [5.41, 5.74) is 4.47. The highest BCUT2D eigenvalue weighted by atomic mass is 16.4. The molecule has 0 saturated carbocycles. The molecule has 5 heteroatoms. The van der Waals surface area contributed by atoms with Crippen LogP contribution >= 0.6 is 0 Å². The lowest BCUT2D eigenvalue weighted by atomic mass is 10.1. The Morgan fingerprint density at radius 2 is 2.10 bits per heavy atom. The second-order valence-electron chi connectivity index (χ2n) is 5.10. The standard InChI is InChI=1S/C15H21N3O2/c1-4-16-12(15(19)20)5-6-18-9-17-13-7-10(2)11(3)8-14(13)18/h7-9,12,16H,4-6H2,1-3H3,(H,19,20). The molecular formula is C15H21N3O2. The molecule has 1 atom stereocenters. The average molecular weight is 275 g/mol. The predicted molar refractivity (Wildman–Crippen MR) is 78.9 cm³/mol. The predicted octanol–water partition coefficient (Wildman–Crippen LogP) is 2.11. The van der Waals surface area contributed by atoms with Crippen LogP contribution in [-0.2, 0) is 11.3 Å². The number of hydrogen-bond donors (Lipinski definition) is 2. The third-order valence-corrected chi connectivity index (χ3v) is 3.64. The number of aryl methyl sites for hydroxylation is 3. The largest absolute Gasteiger partial charge is 0.480 e. The van der Waals surface area contributed by atoms with Crippen LogP contribution in [0.1, 0.15) is 24.5 Å². The monoisotopic (exact) mass is 275 g/mol. The van der Waals surface area contributed by atoms with Crippen molar-refractivity contribution in [2.24, 2.45) is 0 Å². The molecule has 20 heavy (non-hydrogen) atoms. The normalized spacial score (nSPS) is 12.8. The maximum atomic E-state index is 11.1. The summed E-state index contributed by atoms with van der Waals surface area (Å²) in [6, 6.07) is 3.67. The molecule has 0 radical (unpaired) electrons. The second kappa shape index (κ2) is 6.05. The third kappa shape index (κ3) is 2.99. The Hall–Kier alpha value is -1.88. The number of aromatic nitrogens is 2. The third-order valence-electron chi connectivity index (χ3n) is 3.64. The van der Waals surface area contributed by atoms with Crippen molar-refractivity contribution in [1.29, 1.82) is 0 Å². The van der Waals surface area contributed by atoms with E-state index in [9.17, 15) is 4.79 Å². The second-order valence-corrected chi connectivity index (χ2v) is 5.10. The molecule has 0 fully saturated rings. The number of aliphatic carboxylic acids is 1. The summed E-state index contributed by atoms with van der Waals surface area (Å²) >= 11 is 0. The molecule has 0 amide bonds. The highest BCUT2D eigenvalue weighted by molar-refractivity contribution is 5.77. The molecule has 0 aliphatic rings. The van der Waals surface area contributed by atoms with Crippen molar-refractivity contribution in [2.75, 3.05) is 6.54 Å². The number of rotatable bonds is 6. The van der Waals surface area contributed by atoms with Crippen molar-refractivity contribution >= 4 is 17.0 Å². The summed E-state index contributed by atoms with van der Waals surface area (Å²) in [4.78, 5) is 15.5. The van der Waals surface area contributed by atoms with E-state index in [2.05, 4.69) is 36.3 Å². The van der Waals surface area contributed by atoms with Crippen molar-refractivity contribution in [2.45, 2.75) is 39.8 Å². The summed E-state index contributed by atoms with van der Waals surface area (Å²) in [6.45, 7) is 7.35. The van der Waals surface area contributed by atoms with Crippen LogP contribution in [0.25, 0.3) is 11.0 Å². The number of likely N-dealkylation sites (N-methyl/N-ethyl adjacent to an activating group) is 1. The molecule has 2 aromatic rings. The van der Waals surface area contributed by atoms with Crippen molar-refractivity contribution in [3.05, 3.63) is 29.6 Å². The molecule has 1 heterocycles. The number of carboxylic acids is 1. The first kappa shape index (κ1) is 14.5. The van der Waals surface area contributed by atoms with Gasteiger partial charge < -0.3 is 15.0 Å². The van der Waals surface area contributed by atoms with Gasteiger partial charge >= 0.3 is 5.97 Å². The highest BCUT2D eigenvalue weighted by Gasteiger charge is 2.16. The number of fused-ring (bicyclic) bond motifs is 1. The molecule has 2 rings (SSSR count). The van der Waals surface area contributed by atoms with Crippen LogP contribution in [-0.4, -0.2) is 33.2 Å². The maximum Gasteiger partial charge on any atom is 0.320 e. The van der Waals surface area contributed by atoms with Crippen molar-refractivity contribution in [1.82, 2.24) is 14.9 Å². The van der Waals surface area contributed by atoms with Crippen molar-refractivity contribution in [3.63, 3.8) is 0 Å². The van der Waals surface area contributed by atoms with E-state index in [-0.39, 0.29) is 0 Å². The fourth-order valence-corrected chi connectivity index (χ4v) is 2.32. The summed E-state index contributed by atoms with van der Waals surface area (Å²) in [5, 5.41) is 12.1. The van der Waals surface area contributed by atoms with Crippen molar-refractivity contribution < 1.29 is 9.90 Å². The van der Waals surface area contributed by atoms with E-state index >= 15 is 0 Å². The fourth-order valence-electron chi connectivity index (χ4n) is 2.32. The van der Waals surface area contributed by atoms with Gasteiger partial charge in [0.2, 0.25) is 0 Å². The number of benzene rings is 1. The van der Waals surface area contributed by atoms with E-state index in [1.165, 1.54) is 11.1 Å². The lowest BCUT2D eigenvalue weighted by Crippen LogP contribution is -2.37. The van der Waals surface area contributed by atoms with Crippen LogP contribution in [0.4, 0.5) is 0 Å². The van der Waals surface area contributed by atoms with Crippen LogP contribution in [0.15, 0.2) is 18.5 Å². The Balaban J connectivity index is 2.17. The first-order chi connectivity index (χ1) is 9.52. The van der Waals surface area contributed by atoms with E-state index in [0.717, 1.165) is 11.0 Å². The average Bonchev–Trinajstić information content (AvgIpc) is 2.77. The molecule has 1 aromatic carbocycles. The zero-order chi connectivity index (χ0) is 14.7. The highest BCUT2D eigenvalue weighted by Crippen LogP contribution is 2.18. The number of imidazole rings is 1. The smallest absolute Gasteiger partial charge is 0.320 e. The minimum absolute atomic E-state index is 0.510. The van der Waals surface area contributed by atoms with Gasteiger partial charge in [-0.3, -0.25) is 4.79 Å². The van der Waals surface area contributed by atoms with Crippen LogP contribution in [0.3, 0.4) is 0 Å². The first-order valence-electron chi connectivity index (χ1n) is 6.91. The van der Waals surface area contributed by atoms with E-state index < -0.39 is 12.0 Å². The Morgan fingerprint density at radius 3 is 2.75 bits per heavy atom.